The molecule has 0 radical (unpaired) electrons. The minimum Gasteiger partial charge on any atom is -0.759 e. The van der Waals surface area contributed by atoms with E-state index in [0.717, 1.165) is 11.5 Å². The smallest absolute Gasteiger partial charge is 0.202 e. The average Bonchev–Trinajstić information content (AvgIpc) is 2.09. The molecule has 0 aliphatic heterocycles. The van der Waals surface area contributed by atoms with Gasteiger partial charge in [-0.25, -0.2) is 0 Å². The first-order valence-electron chi connectivity index (χ1n) is 3.95. The van der Waals surface area contributed by atoms with Crippen molar-refractivity contribution in [2.24, 2.45) is 5.10 Å². The van der Waals surface area contributed by atoms with Crippen LogP contribution in [0.2, 0.25) is 0 Å². The van der Waals surface area contributed by atoms with Crippen molar-refractivity contribution in [3.05, 3.63) is 30.1 Å². The highest BCUT2D eigenvalue weighted by Gasteiger charge is 1.93. The molecule has 64 valence electrons. The van der Waals surface area contributed by atoms with Gasteiger partial charge in [0.1, 0.15) is 0 Å². The van der Waals surface area contributed by atoms with Crippen LogP contribution in [0.5, 0.6) is 0 Å². The maximum Gasteiger partial charge on any atom is 0.202 e. The van der Waals surface area contributed by atoms with E-state index in [2.05, 4.69) is 5.10 Å². The summed E-state index contributed by atoms with van der Waals surface area (Å²) in [7, 11) is 0. The molecule has 3 heteroatoms. The number of nitrogens with zero attached hydrogens (tertiary/aromatic N) is 2. The molecule has 0 atom stereocenters. The summed E-state index contributed by atoms with van der Waals surface area (Å²) >= 11 is 4.98. The molecule has 0 amide bonds. The molecule has 0 aromatic carbocycles. The van der Waals surface area contributed by atoms with Crippen molar-refractivity contribution >= 4 is 17.7 Å². The van der Waals surface area contributed by atoms with Crippen molar-refractivity contribution in [3.8, 4) is 0 Å². The molecular formula is C9H12N2S. The van der Waals surface area contributed by atoms with Crippen LogP contribution in [0.1, 0.15) is 18.9 Å². The van der Waals surface area contributed by atoms with Crippen LogP contribution in [-0.2, 0) is 12.6 Å². The van der Waals surface area contributed by atoms with Crippen LogP contribution in [-0.4, -0.2) is 5.04 Å². The van der Waals surface area contributed by atoms with Crippen LogP contribution in [0.25, 0.3) is 0 Å². The van der Waals surface area contributed by atoms with Crippen molar-refractivity contribution in [1.29, 1.82) is 0 Å². The van der Waals surface area contributed by atoms with Crippen molar-refractivity contribution in [2.45, 2.75) is 20.3 Å². The van der Waals surface area contributed by atoms with E-state index in [0.29, 0.717) is 0 Å². The Labute approximate surface area is 78.3 Å². The fourth-order valence-corrected chi connectivity index (χ4v) is 0.854. The van der Waals surface area contributed by atoms with Crippen molar-refractivity contribution < 1.29 is 4.68 Å². The lowest BCUT2D eigenvalue weighted by molar-refractivity contribution is -0.678. The lowest BCUT2D eigenvalue weighted by atomic mass is 10.3. The monoisotopic (exact) mass is 180 g/mol. The molecule has 2 nitrogen and oxygen atoms in total. The highest BCUT2D eigenvalue weighted by Crippen LogP contribution is 1.89. The molecule has 12 heavy (non-hydrogen) atoms. The molecule has 1 aromatic heterocycles. The van der Waals surface area contributed by atoms with Crippen LogP contribution in [0.15, 0.2) is 29.6 Å². The van der Waals surface area contributed by atoms with E-state index < -0.39 is 0 Å². The van der Waals surface area contributed by atoms with Gasteiger partial charge in [0, 0.05) is 12.1 Å². The van der Waals surface area contributed by atoms with Gasteiger partial charge in [-0.3, -0.25) is 0 Å². The highest BCUT2D eigenvalue weighted by atomic mass is 32.1. The number of hydrogen-bond donors (Lipinski definition) is 0. The van der Waals surface area contributed by atoms with Gasteiger partial charge in [0.05, 0.1) is 0 Å². The summed E-state index contributed by atoms with van der Waals surface area (Å²) < 4.78 is 1.73. The molecule has 0 spiro atoms. The Kier molecular flexibility index (Phi) is 3.17. The predicted octanol–water partition coefficient (Wildman–Crippen LogP) is 1.40. The van der Waals surface area contributed by atoms with Gasteiger partial charge in [-0.15, -0.1) is 0 Å². The zero-order valence-electron chi connectivity index (χ0n) is 7.32. The third-order valence-electron chi connectivity index (χ3n) is 1.51. The second-order valence-electron chi connectivity index (χ2n) is 2.60. The number of rotatable bonds is 2. The van der Waals surface area contributed by atoms with E-state index in [-0.39, 0.29) is 0 Å². The van der Waals surface area contributed by atoms with Crippen molar-refractivity contribution in [2.75, 3.05) is 0 Å². The molecule has 0 saturated carbocycles. The van der Waals surface area contributed by atoms with Crippen LogP contribution in [0.4, 0.5) is 0 Å². The standard InChI is InChI=1S/C9H12N2S/c1-3-9(12)10-11-6-4-8(2)5-7-11/h4-7H,3H2,1-2H3. The van der Waals surface area contributed by atoms with Gasteiger partial charge in [-0.1, -0.05) is 11.6 Å². The molecular weight excluding hydrogens is 168 g/mol. The third kappa shape index (κ3) is 2.58. The Morgan fingerprint density at radius 1 is 1.50 bits per heavy atom. The minimum atomic E-state index is 0.726. The largest absolute Gasteiger partial charge is 0.759 e. The molecule has 0 bridgehead atoms. The van der Waals surface area contributed by atoms with E-state index >= 15 is 0 Å². The zero-order valence-corrected chi connectivity index (χ0v) is 8.14. The van der Waals surface area contributed by atoms with Crippen molar-refractivity contribution in [3.63, 3.8) is 0 Å². The molecule has 1 rings (SSSR count). The lowest BCUT2D eigenvalue weighted by Gasteiger charge is -2.00. The second-order valence-corrected chi connectivity index (χ2v) is 3.07. The Bertz CT molecular complexity index is 277. The minimum absolute atomic E-state index is 0.726. The Hall–Kier alpha value is -0.960. The molecule has 1 heterocycles. The first-order valence-corrected chi connectivity index (χ1v) is 4.36. The molecule has 0 unspecified atom stereocenters. The number of aryl methyl sites for hydroxylation is 1. The third-order valence-corrected chi connectivity index (χ3v) is 1.88. The van der Waals surface area contributed by atoms with E-state index in [1.165, 1.54) is 5.56 Å². The first-order chi connectivity index (χ1) is 5.72. The highest BCUT2D eigenvalue weighted by molar-refractivity contribution is 7.77. The van der Waals surface area contributed by atoms with Gasteiger partial charge in [0.2, 0.25) is 12.4 Å². The molecule has 1 aromatic rings. The Morgan fingerprint density at radius 2 is 2.08 bits per heavy atom. The van der Waals surface area contributed by atoms with Gasteiger partial charge in [0.15, 0.2) is 0 Å². The maximum atomic E-state index is 4.98. The van der Waals surface area contributed by atoms with Gasteiger partial charge >= 0.3 is 0 Å². The fraction of sp³-hybridized carbons (Fsp3) is 0.333. The quantitative estimate of drug-likeness (QED) is 0.291. The normalized spacial score (nSPS) is 11.7. The van der Waals surface area contributed by atoms with E-state index in [9.17, 15) is 0 Å². The summed E-state index contributed by atoms with van der Waals surface area (Å²) in [6.45, 7) is 4.04. The summed E-state index contributed by atoms with van der Waals surface area (Å²) in [4.78, 5) is 0. The van der Waals surface area contributed by atoms with Gasteiger partial charge in [0.25, 0.3) is 0 Å². The van der Waals surface area contributed by atoms with Crippen molar-refractivity contribution in [1.82, 2.24) is 0 Å². The Balaban J connectivity index is 2.84. The summed E-state index contributed by atoms with van der Waals surface area (Å²) in [5.74, 6) is 0. The lowest BCUT2D eigenvalue weighted by Crippen LogP contribution is -2.27. The Morgan fingerprint density at radius 3 is 2.58 bits per heavy atom. The SMILES string of the molecule is CC/C([S-])=N/[n+]1ccc(C)cc1. The van der Waals surface area contributed by atoms with Crippen LogP contribution < -0.4 is 4.68 Å². The summed E-state index contributed by atoms with van der Waals surface area (Å²) in [5.41, 5.74) is 1.23. The second kappa shape index (κ2) is 4.16. The number of hydrogen-bond acceptors (Lipinski definition) is 2. The predicted molar refractivity (Wildman–Crippen MR) is 51.9 cm³/mol. The first kappa shape index (κ1) is 9.13. The molecule has 0 aliphatic rings. The number of aromatic nitrogens is 1. The molecule has 0 N–H and O–H groups in total. The summed E-state index contributed by atoms with van der Waals surface area (Å²) in [5, 5.41) is 4.89. The van der Waals surface area contributed by atoms with Crippen LogP contribution in [0.3, 0.4) is 0 Å². The van der Waals surface area contributed by atoms with E-state index in [1.807, 2.05) is 38.4 Å². The topological polar surface area (TPSA) is 16.2 Å². The van der Waals surface area contributed by atoms with Crippen LogP contribution >= 0.6 is 0 Å². The maximum absolute atomic E-state index is 4.98. The summed E-state index contributed by atoms with van der Waals surface area (Å²) in [6.07, 6.45) is 4.62. The van der Waals surface area contributed by atoms with Gasteiger partial charge in [-0.2, -0.15) is 0 Å². The van der Waals surface area contributed by atoms with E-state index in [4.69, 9.17) is 12.6 Å². The van der Waals surface area contributed by atoms with Crippen LogP contribution in [0, 0.1) is 6.92 Å². The van der Waals surface area contributed by atoms with Gasteiger partial charge < -0.3 is 12.6 Å². The molecule has 0 aliphatic carbocycles. The molecule has 0 fully saturated rings. The number of pyridine rings is 1. The van der Waals surface area contributed by atoms with E-state index in [1.54, 1.807) is 4.68 Å². The fourth-order valence-electron chi connectivity index (χ4n) is 0.759. The van der Waals surface area contributed by atoms with Gasteiger partial charge in [-0.05, 0) is 29.1 Å². The average molecular weight is 180 g/mol. The summed E-state index contributed by atoms with van der Waals surface area (Å²) in [6, 6.07) is 4.00. The zero-order chi connectivity index (χ0) is 8.97. The molecule has 0 saturated heterocycles.